The van der Waals surface area contributed by atoms with Crippen molar-refractivity contribution in [3.8, 4) is 6.07 Å². The van der Waals surface area contributed by atoms with Crippen LogP contribution in [0, 0.1) is 11.3 Å². The molecule has 0 fully saturated rings. The maximum Gasteiger partial charge on any atom is 0.243 e. The van der Waals surface area contributed by atoms with Crippen molar-refractivity contribution in [1.82, 2.24) is 4.31 Å². The number of sulfonamides is 1. The highest BCUT2D eigenvalue weighted by Crippen LogP contribution is 2.40. The van der Waals surface area contributed by atoms with Gasteiger partial charge in [-0.05, 0) is 53.3 Å². The summed E-state index contributed by atoms with van der Waals surface area (Å²) >= 11 is 1.68. The molecule has 4 rings (SSSR count). The third kappa shape index (κ3) is 2.84. The summed E-state index contributed by atoms with van der Waals surface area (Å²) in [7, 11) is -3.68. The highest BCUT2D eigenvalue weighted by atomic mass is 32.2. The fraction of sp³-hybridized carbons (Fsp3) is 0.150. The van der Waals surface area contributed by atoms with Crippen molar-refractivity contribution in [2.45, 2.75) is 17.4 Å². The van der Waals surface area contributed by atoms with Gasteiger partial charge in [0, 0.05) is 11.4 Å². The summed E-state index contributed by atoms with van der Waals surface area (Å²) in [6.07, 6.45) is 0.714. The van der Waals surface area contributed by atoms with Crippen LogP contribution < -0.4 is 0 Å². The van der Waals surface area contributed by atoms with Gasteiger partial charge < -0.3 is 0 Å². The van der Waals surface area contributed by atoms with E-state index < -0.39 is 10.0 Å². The van der Waals surface area contributed by atoms with Crippen molar-refractivity contribution in [3.05, 3.63) is 87.6 Å². The topological polar surface area (TPSA) is 61.2 Å². The molecular formula is C20H16N2O2S2. The number of benzene rings is 2. The molecule has 26 heavy (non-hydrogen) atoms. The van der Waals surface area contributed by atoms with Crippen molar-refractivity contribution in [1.29, 1.82) is 5.26 Å². The Morgan fingerprint density at radius 3 is 2.46 bits per heavy atom. The summed E-state index contributed by atoms with van der Waals surface area (Å²) in [5, 5.41) is 11.0. The zero-order valence-electron chi connectivity index (χ0n) is 13.9. The van der Waals surface area contributed by atoms with Gasteiger partial charge in [-0.3, -0.25) is 0 Å². The van der Waals surface area contributed by atoms with E-state index in [4.69, 9.17) is 5.26 Å². The molecule has 1 unspecified atom stereocenters. The predicted octanol–water partition coefficient (Wildman–Crippen LogP) is 3.96. The Bertz CT molecular complexity index is 1070. The number of nitrogens with zero attached hydrogens (tertiary/aromatic N) is 2. The van der Waals surface area contributed by atoms with Crippen LogP contribution in [0.4, 0.5) is 0 Å². The van der Waals surface area contributed by atoms with Crippen molar-refractivity contribution < 1.29 is 8.42 Å². The monoisotopic (exact) mass is 380 g/mol. The number of thiophene rings is 1. The molecule has 0 aliphatic carbocycles. The molecule has 6 heteroatoms. The molecule has 0 saturated carbocycles. The lowest BCUT2D eigenvalue weighted by atomic mass is 9.95. The van der Waals surface area contributed by atoms with Gasteiger partial charge in [-0.1, -0.05) is 30.3 Å². The first-order valence-electron chi connectivity index (χ1n) is 8.24. The predicted molar refractivity (Wildman–Crippen MR) is 101 cm³/mol. The van der Waals surface area contributed by atoms with E-state index in [1.54, 1.807) is 27.8 Å². The first kappa shape index (κ1) is 17.0. The molecule has 1 aromatic heterocycles. The minimum absolute atomic E-state index is 0.219. The largest absolute Gasteiger partial charge is 0.243 e. The van der Waals surface area contributed by atoms with Crippen LogP contribution in [0.5, 0.6) is 0 Å². The van der Waals surface area contributed by atoms with Gasteiger partial charge >= 0.3 is 0 Å². The van der Waals surface area contributed by atoms with E-state index >= 15 is 0 Å². The fourth-order valence-corrected chi connectivity index (χ4v) is 5.87. The molecule has 0 radical (unpaired) electrons. The maximum atomic E-state index is 13.3. The highest BCUT2D eigenvalue weighted by molar-refractivity contribution is 7.89. The van der Waals surface area contributed by atoms with Crippen molar-refractivity contribution >= 4 is 21.4 Å². The van der Waals surface area contributed by atoms with Crippen LogP contribution in [-0.4, -0.2) is 19.3 Å². The molecule has 3 aromatic rings. The second kappa shape index (κ2) is 6.69. The molecule has 1 atom stereocenters. The fourth-order valence-electron chi connectivity index (χ4n) is 3.37. The molecule has 0 bridgehead atoms. The lowest BCUT2D eigenvalue weighted by molar-refractivity contribution is 0.347. The smallest absolute Gasteiger partial charge is 0.207 e. The van der Waals surface area contributed by atoms with E-state index in [0.717, 1.165) is 11.1 Å². The van der Waals surface area contributed by atoms with E-state index in [1.165, 1.54) is 17.0 Å². The number of nitriles is 1. The Balaban J connectivity index is 1.82. The van der Waals surface area contributed by atoms with Gasteiger partial charge in [0.1, 0.15) is 0 Å². The summed E-state index contributed by atoms with van der Waals surface area (Å²) in [5.41, 5.74) is 2.47. The van der Waals surface area contributed by atoms with Gasteiger partial charge in [0.15, 0.2) is 0 Å². The van der Waals surface area contributed by atoms with Gasteiger partial charge in [-0.25, -0.2) is 8.42 Å². The molecule has 0 spiro atoms. The Labute approximate surface area is 157 Å². The van der Waals surface area contributed by atoms with Gasteiger partial charge in [0.25, 0.3) is 0 Å². The van der Waals surface area contributed by atoms with Crippen LogP contribution in [0.1, 0.15) is 27.6 Å². The lowest BCUT2D eigenvalue weighted by Crippen LogP contribution is -2.40. The number of hydrogen-bond acceptors (Lipinski definition) is 4. The first-order chi connectivity index (χ1) is 12.6. The lowest BCUT2D eigenvalue weighted by Gasteiger charge is -2.35. The minimum atomic E-state index is -3.68. The Morgan fingerprint density at radius 1 is 1.04 bits per heavy atom. The van der Waals surface area contributed by atoms with Crippen LogP contribution in [0.3, 0.4) is 0 Å². The van der Waals surface area contributed by atoms with Crippen LogP contribution in [0.2, 0.25) is 0 Å². The Kier molecular flexibility index (Phi) is 4.37. The van der Waals surface area contributed by atoms with E-state index in [2.05, 4.69) is 0 Å². The summed E-state index contributed by atoms with van der Waals surface area (Å²) in [6.45, 7) is 0.440. The quantitative estimate of drug-likeness (QED) is 0.691. The molecule has 0 N–H and O–H groups in total. The van der Waals surface area contributed by atoms with E-state index in [-0.39, 0.29) is 10.9 Å². The average molecular weight is 380 g/mol. The molecule has 2 aromatic carbocycles. The highest BCUT2D eigenvalue weighted by Gasteiger charge is 2.37. The zero-order valence-corrected chi connectivity index (χ0v) is 15.5. The SMILES string of the molecule is N#Cc1ccc(S(=O)(=O)N2CCc3sccc3C2c2ccccc2)cc1. The molecule has 1 aliphatic rings. The van der Waals surface area contributed by atoms with Gasteiger partial charge in [0.2, 0.25) is 10.0 Å². The molecule has 1 aliphatic heterocycles. The maximum absolute atomic E-state index is 13.3. The molecule has 0 amide bonds. The van der Waals surface area contributed by atoms with Gasteiger partial charge in [-0.15, -0.1) is 11.3 Å². The normalized spacial score (nSPS) is 17.4. The van der Waals surface area contributed by atoms with E-state index in [9.17, 15) is 8.42 Å². The van der Waals surface area contributed by atoms with Crippen LogP contribution in [0.15, 0.2) is 70.9 Å². The van der Waals surface area contributed by atoms with E-state index in [0.29, 0.717) is 18.5 Å². The van der Waals surface area contributed by atoms with Gasteiger partial charge in [-0.2, -0.15) is 9.57 Å². The van der Waals surface area contributed by atoms with Crippen molar-refractivity contribution in [2.75, 3.05) is 6.54 Å². The van der Waals surface area contributed by atoms with Crippen LogP contribution in [0.25, 0.3) is 0 Å². The molecular weight excluding hydrogens is 364 g/mol. The molecule has 4 nitrogen and oxygen atoms in total. The number of fused-ring (bicyclic) bond motifs is 1. The minimum Gasteiger partial charge on any atom is -0.207 e. The number of hydrogen-bond donors (Lipinski definition) is 0. The van der Waals surface area contributed by atoms with Crippen LogP contribution in [-0.2, 0) is 16.4 Å². The zero-order chi connectivity index (χ0) is 18.1. The second-order valence-corrected chi connectivity index (χ2v) is 9.01. The van der Waals surface area contributed by atoms with Crippen LogP contribution >= 0.6 is 11.3 Å². The number of rotatable bonds is 3. The summed E-state index contributed by atoms with van der Waals surface area (Å²) in [6, 6.07) is 19.6. The van der Waals surface area contributed by atoms with Crippen molar-refractivity contribution in [2.24, 2.45) is 0 Å². The Hall–Kier alpha value is -2.46. The molecule has 2 heterocycles. The summed E-state index contributed by atoms with van der Waals surface area (Å²) < 4.78 is 28.3. The third-order valence-electron chi connectivity index (χ3n) is 4.63. The standard InChI is InChI=1S/C20H16N2O2S2/c21-14-15-6-8-17(9-7-15)26(23,24)22-12-10-19-18(11-13-25-19)20(22)16-4-2-1-3-5-16/h1-9,11,13,20H,10,12H2. The first-order valence-corrected chi connectivity index (χ1v) is 10.6. The molecule has 130 valence electrons. The van der Waals surface area contributed by atoms with Crippen molar-refractivity contribution in [3.63, 3.8) is 0 Å². The third-order valence-corrected chi connectivity index (χ3v) is 7.50. The summed E-state index contributed by atoms with van der Waals surface area (Å²) in [4.78, 5) is 1.46. The molecule has 0 saturated heterocycles. The van der Waals surface area contributed by atoms with E-state index in [1.807, 2.05) is 47.8 Å². The van der Waals surface area contributed by atoms with Gasteiger partial charge in [0.05, 0.1) is 22.6 Å². The average Bonchev–Trinajstić information content (AvgIpc) is 3.16. The Morgan fingerprint density at radius 2 is 1.77 bits per heavy atom. The second-order valence-electron chi connectivity index (χ2n) is 6.11. The summed E-state index contributed by atoms with van der Waals surface area (Å²) in [5.74, 6) is 0.